The van der Waals surface area contributed by atoms with Gasteiger partial charge in [0.25, 0.3) is 0 Å². The minimum Gasteiger partial charge on any atom is -0.406 e. The molecule has 1 atom stereocenters. The van der Waals surface area contributed by atoms with Gasteiger partial charge in [-0.1, -0.05) is 30.3 Å². The smallest absolute Gasteiger partial charge is 0.406 e. The zero-order valence-corrected chi connectivity index (χ0v) is 19.9. The first-order valence-corrected chi connectivity index (χ1v) is 11.3. The Kier molecular flexibility index (Phi) is 7.67. The normalized spacial score (nSPS) is 16.1. The highest BCUT2D eigenvalue weighted by atomic mass is 19.4. The number of rotatable bonds is 6. The molecule has 2 heterocycles. The molecule has 2 aromatic carbocycles. The van der Waals surface area contributed by atoms with Crippen LogP contribution in [0.2, 0.25) is 0 Å². The van der Waals surface area contributed by atoms with Gasteiger partial charge >= 0.3 is 18.7 Å². The topological polar surface area (TPSA) is 66.8 Å². The molecule has 0 spiro atoms. The molecule has 40 heavy (non-hydrogen) atoms. The number of anilines is 1. The van der Waals surface area contributed by atoms with Crippen molar-refractivity contribution in [2.24, 2.45) is 5.10 Å². The van der Waals surface area contributed by atoms with Crippen molar-refractivity contribution in [3.8, 4) is 5.75 Å². The molecule has 0 fully saturated rings. The van der Waals surface area contributed by atoms with Crippen LogP contribution < -0.4 is 10.1 Å². The van der Waals surface area contributed by atoms with Crippen molar-refractivity contribution in [3.05, 3.63) is 89.2 Å². The molecule has 4 rings (SSSR count). The maximum atomic E-state index is 13.4. The van der Waals surface area contributed by atoms with Gasteiger partial charge in [-0.25, -0.2) is 4.98 Å². The maximum Gasteiger partial charge on any atom is 0.573 e. The Morgan fingerprint density at radius 2 is 1.45 bits per heavy atom. The lowest BCUT2D eigenvalue weighted by molar-refractivity contribution is -0.274. The number of hydrogen-bond donors (Lipinski definition) is 1. The number of benzene rings is 2. The van der Waals surface area contributed by atoms with Crippen LogP contribution in [0.25, 0.3) is 0 Å². The Hall–Kier alpha value is -4.30. The van der Waals surface area contributed by atoms with Crippen molar-refractivity contribution in [1.29, 1.82) is 0 Å². The lowest BCUT2D eigenvalue weighted by Crippen LogP contribution is -2.29. The summed E-state index contributed by atoms with van der Waals surface area (Å²) in [6, 6.07) is 13.3. The molecular weight excluding hydrogens is 559 g/mol. The third-order valence-electron chi connectivity index (χ3n) is 5.57. The van der Waals surface area contributed by atoms with E-state index in [2.05, 4.69) is 20.1 Å². The Bertz CT molecular complexity index is 1350. The summed E-state index contributed by atoms with van der Waals surface area (Å²) in [4.78, 5) is 15.3. The number of halogens is 9. The zero-order chi connectivity index (χ0) is 29.3. The molecule has 0 radical (unpaired) electrons. The fraction of sp³-hybridized carbons (Fsp3) is 0.240. The number of pyridine rings is 1. The van der Waals surface area contributed by atoms with Crippen LogP contribution in [0.1, 0.15) is 28.4 Å². The second-order valence-electron chi connectivity index (χ2n) is 8.54. The highest BCUT2D eigenvalue weighted by Crippen LogP contribution is 2.37. The van der Waals surface area contributed by atoms with Crippen LogP contribution in [0.15, 0.2) is 71.8 Å². The number of aromatic nitrogens is 1. The van der Waals surface area contributed by atoms with Gasteiger partial charge < -0.3 is 10.1 Å². The second kappa shape index (κ2) is 10.7. The SMILES string of the molecule is O=C(CN1CC(c2cc(C(F)(F)F)nc(C(F)(F)F)c2)C(c2ccccc2)=N1)Nc1ccc(OC(F)(F)F)cc1. The zero-order valence-electron chi connectivity index (χ0n) is 19.9. The van der Waals surface area contributed by atoms with Crippen LogP contribution in [0.3, 0.4) is 0 Å². The van der Waals surface area contributed by atoms with E-state index in [0.717, 1.165) is 24.3 Å². The summed E-state index contributed by atoms with van der Waals surface area (Å²) in [6.45, 7) is -0.703. The van der Waals surface area contributed by atoms with Crippen molar-refractivity contribution >= 4 is 17.3 Å². The van der Waals surface area contributed by atoms with E-state index in [0.29, 0.717) is 17.7 Å². The van der Waals surface area contributed by atoms with Gasteiger partial charge in [0.2, 0.25) is 5.91 Å². The number of nitrogens with zero attached hydrogens (tertiary/aromatic N) is 3. The molecule has 1 unspecified atom stereocenters. The molecule has 1 aliphatic rings. The highest BCUT2D eigenvalue weighted by molar-refractivity contribution is 6.06. The second-order valence-corrected chi connectivity index (χ2v) is 8.54. The number of hydrogen-bond acceptors (Lipinski definition) is 5. The van der Waals surface area contributed by atoms with Crippen LogP contribution >= 0.6 is 0 Å². The number of alkyl halides is 9. The summed E-state index contributed by atoms with van der Waals surface area (Å²) >= 11 is 0. The van der Waals surface area contributed by atoms with Crippen molar-refractivity contribution in [3.63, 3.8) is 0 Å². The maximum absolute atomic E-state index is 13.4. The Morgan fingerprint density at radius 1 is 0.875 bits per heavy atom. The molecular formula is C25H17F9N4O2. The van der Waals surface area contributed by atoms with E-state index in [1.165, 1.54) is 5.01 Å². The van der Waals surface area contributed by atoms with E-state index in [1.807, 2.05) is 0 Å². The van der Waals surface area contributed by atoms with E-state index < -0.39 is 54.2 Å². The first-order valence-electron chi connectivity index (χ1n) is 11.3. The average Bonchev–Trinajstić information content (AvgIpc) is 3.27. The minimum atomic E-state index is -5.15. The molecule has 1 N–H and O–H groups in total. The van der Waals surface area contributed by atoms with Crippen molar-refractivity contribution in [2.45, 2.75) is 24.6 Å². The van der Waals surface area contributed by atoms with Crippen LogP contribution in [0.4, 0.5) is 45.2 Å². The van der Waals surface area contributed by atoms with Crippen molar-refractivity contribution in [1.82, 2.24) is 9.99 Å². The summed E-state index contributed by atoms with van der Waals surface area (Å²) in [5, 5.41) is 7.90. The lowest BCUT2D eigenvalue weighted by Gasteiger charge is -2.19. The molecule has 1 aromatic heterocycles. The fourth-order valence-electron chi connectivity index (χ4n) is 3.94. The summed E-state index contributed by atoms with van der Waals surface area (Å²) in [7, 11) is 0. The van der Waals surface area contributed by atoms with E-state index in [4.69, 9.17) is 0 Å². The number of carbonyl (C=O) groups excluding carboxylic acids is 1. The van der Waals surface area contributed by atoms with E-state index in [1.54, 1.807) is 30.3 Å². The Balaban J connectivity index is 1.59. The van der Waals surface area contributed by atoms with Gasteiger partial charge in [0, 0.05) is 18.2 Å². The standard InChI is InChI=1S/C25H17F9N4O2/c26-23(27,28)19-10-15(11-20(36-19)24(29,30)31)18-12-38(37-22(18)14-4-2-1-3-5-14)13-21(39)35-16-6-8-17(9-7-16)40-25(32,33)34/h1-11,18H,12-13H2,(H,35,39). The van der Waals surface area contributed by atoms with Crippen molar-refractivity contribution in [2.75, 3.05) is 18.4 Å². The number of nitrogens with one attached hydrogen (secondary N) is 1. The summed E-state index contributed by atoms with van der Waals surface area (Å²) in [6.07, 6.45) is -15.2. The monoisotopic (exact) mass is 576 g/mol. The molecule has 0 aliphatic carbocycles. The summed E-state index contributed by atoms with van der Waals surface area (Å²) < 4.78 is 121. The third-order valence-corrected chi connectivity index (χ3v) is 5.57. The van der Waals surface area contributed by atoms with Crippen LogP contribution in [-0.4, -0.2) is 41.1 Å². The van der Waals surface area contributed by atoms with Gasteiger partial charge in [0.1, 0.15) is 23.7 Å². The van der Waals surface area contributed by atoms with Gasteiger partial charge in [0.15, 0.2) is 0 Å². The van der Waals surface area contributed by atoms with Crippen LogP contribution in [0, 0.1) is 0 Å². The predicted octanol–water partition coefficient (Wildman–Crippen LogP) is 6.46. The fourth-order valence-corrected chi connectivity index (χ4v) is 3.94. The van der Waals surface area contributed by atoms with Gasteiger partial charge in [-0.2, -0.15) is 31.4 Å². The Morgan fingerprint density at radius 3 is 1.98 bits per heavy atom. The van der Waals surface area contributed by atoms with Gasteiger partial charge in [-0.05, 0) is 47.5 Å². The highest BCUT2D eigenvalue weighted by Gasteiger charge is 2.41. The molecule has 3 aromatic rings. The van der Waals surface area contributed by atoms with Gasteiger partial charge in [0.05, 0.1) is 5.71 Å². The first-order chi connectivity index (χ1) is 18.6. The molecule has 1 amide bonds. The molecule has 0 saturated carbocycles. The Labute approximate surface area is 220 Å². The minimum absolute atomic E-state index is 0.112. The average molecular weight is 576 g/mol. The summed E-state index contributed by atoms with van der Waals surface area (Å²) in [5.74, 6) is -2.29. The molecule has 15 heteroatoms. The number of carbonyl (C=O) groups is 1. The number of amides is 1. The first kappa shape index (κ1) is 28.7. The summed E-state index contributed by atoms with van der Waals surface area (Å²) in [5.41, 5.74) is -3.14. The van der Waals surface area contributed by atoms with Gasteiger partial charge in [-0.15, -0.1) is 13.2 Å². The molecule has 0 saturated heterocycles. The molecule has 6 nitrogen and oxygen atoms in total. The van der Waals surface area contributed by atoms with Gasteiger partial charge in [-0.3, -0.25) is 9.80 Å². The number of ether oxygens (including phenoxy) is 1. The predicted molar refractivity (Wildman–Crippen MR) is 123 cm³/mol. The van der Waals surface area contributed by atoms with E-state index in [9.17, 15) is 44.3 Å². The third kappa shape index (κ3) is 7.21. The molecule has 1 aliphatic heterocycles. The quantitative estimate of drug-likeness (QED) is 0.342. The van der Waals surface area contributed by atoms with Crippen LogP contribution in [0.5, 0.6) is 5.75 Å². The van der Waals surface area contributed by atoms with E-state index >= 15 is 0 Å². The molecule has 0 bridgehead atoms. The van der Waals surface area contributed by atoms with E-state index in [-0.39, 0.29) is 23.5 Å². The van der Waals surface area contributed by atoms with Crippen LogP contribution in [-0.2, 0) is 17.1 Å². The molecule has 212 valence electrons. The number of hydrazone groups is 1. The van der Waals surface area contributed by atoms with Crippen molar-refractivity contribution < 1.29 is 49.0 Å². The largest absolute Gasteiger partial charge is 0.573 e. The lowest BCUT2D eigenvalue weighted by atomic mass is 9.90.